The largest absolute Gasteiger partial charge is 0.484 e. The van der Waals surface area contributed by atoms with Crippen molar-refractivity contribution in [2.75, 3.05) is 19.7 Å². The van der Waals surface area contributed by atoms with Crippen molar-refractivity contribution in [1.82, 2.24) is 10.2 Å². The number of carbonyl (C=O) groups excluding carboxylic acids is 3. The SMILES string of the molecule is Cc1ccc([C@@H](Oc2ccc(C(=O)O)c([C@@H]3CCCN(C(=O)[C@H]4COC(=O)C4)C3)c2)[C@H](C)NC(=O)C(F)(F)F)cc1. The lowest BCUT2D eigenvalue weighted by molar-refractivity contribution is -0.174. The highest BCUT2D eigenvalue weighted by Gasteiger charge is 2.41. The molecular weight excluding hydrogens is 545 g/mol. The lowest BCUT2D eigenvalue weighted by atomic mass is 9.86. The van der Waals surface area contributed by atoms with Crippen molar-refractivity contribution in [2.24, 2.45) is 5.92 Å². The molecule has 12 heteroatoms. The zero-order chi connectivity index (χ0) is 29.9. The average molecular weight is 577 g/mol. The molecule has 0 aromatic heterocycles. The third kappa shape index (κ3) is 7.17. The molecular formula is C29H31F3N2O7. The van der Waals surface area contributed by atoms with Crippen LogP contribution in [0.5, 0.6) is 5.75 Å². The lowest BCUT2D eigenvalue weighted by Crippen LogP contribution is -2.45. The molecule has 4 atom stereocenters. The second kappa shape index (κ2) is 12.2. The monoisotopic (exact) mass is 576 g/mol. The number of rotatable bonds is 8. The number of amides is 2. The van der Waals surface area contributed by atoms with Gasteiger partial charge in [0.2, 0.25) is 5.91 Å². The molecule has 41 heavy (non-hydrogen) atoms. The number of hydrogen-bond acceptors (Lipinski definition) is 6. The van der Waals surface area contributed by atoms with Gasteiger partial charge in [-0.15, -0.1) is 0 Å². The number of esters is 1. The predicted octanol–water partition coefficient (Wildman–Crippen LogP) is 4.15. The highest BCUT2D eigenvalue weighted by Crippen LogP contribution is 2.35. The van der Waals surface area contributed by atoms with Gasteiger partial charge in [0, 0.05) is 19.0 Å². The molecule has 2 aromatic rings. The number of hydrogen-bond donors (Lipinski definition) is 2. The summed E-state index contributed by atoms with van der Waals surface area (Å²) in [7, 11) is 0. The van der Waals surface area contributed by atoms with Gasteiger partial charge in [-0.3, -0.25) is 14.4 Å². The number of nitrogens with one attached hydrogen (secondary N) is 1. The first-order valence-corrected chi connectivity index (χ1v) is 13.3. The molecule has 2 amide bonds. The van der Waals surface area contributed by atoms with Gasteiger partial charge in [-0.25, -0.2) is 4.79 Å². The van der Waals surface area contributed by atoms with Crippen molar-refractivity contribution < 1.29 is 46.9 Å². The third-order valence-electron chi connectivity index (χ3n) is 7.37. The molecule has 2 N–H and O–H groups in total. The van der Waals surface area contributed by atoms with E-state index in [1.807, 2.05) is 12.2 Å². The van der Waals surface area contributed by atoms with E-state index in [1.165, 1.54) is 25.1 Å². The quantitative estimate of drug-likeness (QED) is 0.453. The van der Waals surface area contributed by atoms with E-state index in [2.05, 4.69) is 0 Å². The average Bonchev–Trinajstić information content (AvgIpc) is 3.37. The molecule has 0 saturated carbocycles. The Morgan fingerprint density at radius 1 is 1.15 bits per heavy atom. The van der Waals surface area contributed by atoms with Crippen LogP contribution >= 0.6 is 0 Å². The van der Waals surface area contributed by atoms with Gasteiger partial charge in [0.1, 0.15) is 18.5 Å². The van der Waals surface area contributed by atoms with E-state index in [0.717, 1.165) is 5.56 Å². The number of aryl methyl sites for hydroxylation is 1. The van der Waals surface area contributed by atoms with Gasteiger partial charge in [-0.05, 0) is 56.0 Å². The molecule has 0 unspecified atom stereocenters. The molecule has 0 bridgehead atoms. The Hall–Kier alpha value is -4.09. The number of nitrogens with zero attached hydrogens (tertiary/aromatic N) is 1. The Balaban J connectivity index is 1.61. The Bertz CT molecular complexity index is 1310. The summed E-state index contributed by atoms with van der Waals surface area (Å²) in [6.45, 7) is 3.95. The van der Waals surface area contributed by atoms with Crippen LogP contribution in [0.4, 0.5) is 13.2 Å². The van der Waals surface area contributed by atoms with Gasteiger partial charge in [0.25, 0.3) is 0 Å². The number of piperidine rings is 1. The van der Waals surface area contributed by atoms with Crippen LogP contribution in [-0.4, -0.2) is 65.7 Å². The van der Waals surface area contributed by atoms with Gasteiger partial charge >= 0.3 is 24.0 Å². The molecule has 2 aliphatic heterocycles. The molecule has 0 aliphatic carbocycles. The normalized spacial score (nSPS) is 20.6. The smallest absolute Gasteiger partial charge is 0.471 e. The molecule has 0 radical (unpaired) electrons. The molecule has 2 aromatic carbocycles. The van der Waals surface area contributed by atoms with E-state index in [1.54, 1.807) is 29.2 Å². The highest BCUT2D eigenvalue weighted by molar-refractivity contribution is 5.90. The fourth-order valence-electron chi connectivity index (χ4n) is 5.23. The number of aromatic carboxylic acids is 1. The number of alkyl halides is 3. The number of halogens is 3. The molecule has 2 saturated heterocycles. The van der Waals surface area contributed by atoms with Gasteiger partial charge < -0.3 is 24.8 Å². The second-order valence-corrected chi connectivity index (χ2v) is 10.5. The van der Waals surface area contributed by atoms with Crippen LogP contribution in [0.15, 0.2) is 42.5 Å². The number of ether oxygens (including phenoxy) is 2. The number of likely N-dealkylation sites (tertiary alicyclic amines) is 1. The van der Waals surface area contributed by atoms with Gasteiger partial charge in [0.05, 0.1) is 23.9 Å². The van der Waals surface area contributed by atoms with Crippen molar-refractivity contribution >= 4 is 23.8 Å². The zero-order valence-electron chi connectivity index (χ0n) is 22.6. The minimum Gasteiger partial charge on any atom is -0.484 e. The molecule has 2 aliphatic rings. The maximum atomic E-state index is 13.0. The summed E-state index contributed by atoms with van der Waals surface area (Å²) in [5, 5.41) is 11.8. The fraction of sp³-hybridized carbons (Fsp3) is 0.448. The maximum Gasteiger partial charge on any atom is 0.471 e. The summed E-state index contributed by atoms with van der Waals surface area (Å²) in [6.07, 6.45) is -4.91. The molecule has 2 heterocycles. The molecule has 220 valence electrons. The Labute approximate surface area is 234 Å². The summed E-state index contributed by atoms with van der Waals surface area (Å²) >= 11 is 0. The van der Waals surface area contributed by atoms with Crippen LogP contribution in [-0.2, 0) is 19.1 Å². The van der Waals surface area contributed by atoms with E-state index < -0.39 is 42.1 Å². The van der Waals surface area contributed by atoms with E-state index in [0.29, 0.717) is 30.5 Å². The lowest BCUT2D eigenvalue weighted by Gasteiger charge is -2.35. The Morgan fingerprint density at radius 3 is 2.46 bits per heavy atom. The van der Waals surface area contributed by atoms with Crippen molar-refractivity contribution in [1.29, 1.82) is 0 Å². The second-order valence-electron chi connectivity index (χ2n) is 10.5. The predicted molar refractivity (Wildman–Crippen MR) is 139 cm³/mol. The third-order valence-corrected chi connectivity index (χ3v) is 7.37. The highest BCUT2D eigenvalue weighted by atomic mass is 19.4. The molecule has 4 rings (SSSR count). The topological polar surface area (TPSA) is 122 Å². The van der Waals surface area contributed by atoms with Crippen LogP contribution in [0.2, 0.25) is 0 Å². The van der Waals surface area contributed by atoms with Gasteiger partial charge in [0.15, 0.2) is 0 Å². The zero-order valence-corrected chi connectivity index (χ0v) is 22.6. The number of carboxylic acid groups (broad SMARTS) is 1. The van der Waals surface area contributed by atoms with Crippen molar-refractivity contribution in [3.05, 3.63) is 64.7 Å². The first-order valence-electron chi connectivity index (χ1n) is 13.3. The van der Waals surface area contributed by atoms with E-state index in [-0.39, 0.29) is 42.7 Å². The summed E-state index contributed by atoms with van der Waals surface area (Å²) in [4.78, 5) is 49.9. The summed E-state index contributed by atoms with van der Waals surface area (Å²) in [6, 6.07) is 10.1. The molecule has 0 spiro atoms. The molecule has 9 nitrogen and oxygen atoms in total. The minimum atomic E-state index is -5.08. The Morgan fingerprint density at radius 2 is 1.85 bits per heavy atom. The fourth-order valence-corrected chi connectivity index (χ4v) is 5.23. The van der Waals surface area contributed by atoms with Crippen molar-refractivity contribution in [2.45, 2.75) is 57.3 Å². The Kier molecular flexibility index (Phi) is 8.89. The van der Waals surface area contributed by atoms with Crippen LogP contribution in [0, 0.1) is 12.8 Å². The number of benzene rings is 2. The van der Waals surface area contributed by atoms with E-state index >= 15 is 0 Å². The number of carboxylic acids is 1. The maximum absolute atomic E-state index is 13.0. The van der Waals surface area contributed by atoms with E-state index in [4.69, 9.17) is 9.47 Å². The van der Waals surface area contributed by atoms with Crippen LogP contribution in [0.25, 0.3) is 0 Å². The summed E-state index contributed by atoms with van der Waals surface area (Å²) < 4.78 is 50.0. The van der Waals surface area contributed by atoms with E-state index in [9.17, 15) is 37.5 Å². The van der Waals surface area contributed by atoms with Crippen molar-refractivity contribution in [3.8, 4) is 5.75 Å². The van der Waals surface area contributed by atoms with Gasteiger partial charge in [-0.1, -0.05) is 29.8 Å². The number of carbonyl (C=O) groups is 4. The van der Waals surface area contributed by atoms with Crippen LogP contribution < -0.4 is 10.1 Å². The molecule has 2 fully saturated rings. The number of cyclic esters (lactones) is 1. The summed E-state index contributed by atoms with van der Waals surface area (Å²) in [5.41, 5.74) is 1.86. The van der Waals surface area contributed by atoms with Crippen molar-refractivity contribution in [3.63, 3.8) is 0 Å². The summed E-state index contributed by atoms with van der Waals surface area (Å²) in [5.74, 6) is -4.67. The minimum absolute atomic E-state index is 0.00710. The van der Waals surface area contributed by atoms with Crippen LogP contribution in [0.1, 0.15) is 65.3 Å². The standard InChI is InChI=1S/C29H31F3N2O7/c1-16-5-7-18(8-6-16)25(17(2)33-28(39)29(30,31)32)41-21-9-10-22(27(37)38)23(13-21)19-4-3-11-34(14-19)26(36)20-12-24(35)40-15-20/h5-10,13,17,19-20,25H,3-4,11-12,14-15H2,1-2H3,(H,33,39)(H,37,38)/t17-,19+,20+,25-/m0/s1. The first-order chi connectivity index (χ1) is 19.3. The first kappa shape index (κ1) is 29.9. The van der Waals surface area contributed by atoms with Crippen LogP contribution in [0.3, 0.4) is 0 Å². The van der Waals surface area contributed by atoms with Gasteiger partial charge in [-0.2, -0.15) is 13.2 Å².